The highest BCUT2D eigenvalue weighted by Gasteiger charge is 2.27. The SMILES string of the molecule is C[C@H](OC(=O)c1ccc2c(c1)OCC(=O)N2)C(=O)NC1CC1. The monoisotopic (exact) mass is 304 g/mol. The second-order valence-electron chi connectivity index (χ2n) is 5.38. The molecular weight excluding hydrogens is 288 g/mol. The van der Waals surface area contributed by atoms with Crippen LogP contribution in [0.25, 0.3) is 0 Å². The van der Waals surface area contributed by atoms with E-state index in [9.17, 15) is 14.4 Å². The molecule has 22 heavy (non-hydrogen) atoms. The van der Waals surface area contributed by atoms with E-state index in [2.05, 4.69) is 10.6 Å². The van der Waals surface area contributed by atoms with Crippen LogP contribution in [0.4, 0.5) is 5.69 Å². The summed E-state index contributed by atoms with van der Waals surface area (Å²) in [7, 11) is 0. The van der Waals surface area contributed by atoms with Crippen LogP contribution in [0.5, 0.6) is 5.75 Å². The standard InChI is InChI=1S/C15H16N2O5/c1-8(14(19)16-10-3-4-10)22-15(20)9-2-5-11-12(6-9)21-7-13(18)17-11/h2,5-6,8,10H,3-4,7H2,1H3,(H,16,19)(H,17,18)/t8-/m0/s1. The normalized spacial score (nSPS) is 17.6. The topological polar surface area (TPSA) is 93.7 Å². The molecule has 0 bridgehead atoms. The van der Waals surface area contributed by atoms with E-state index < -0.39 is 12.1 Å². The summed E-state index contributed by atoms with van der Waals surface area (Å²) in [5.41, 5.74) is 0.772. The van der Waals surface area contributed by atoms with E-state index in [0.29, 0.717) is 11.4 Å². The minimum Gasteiger partial charge on any atom is -0.482 e. The Morgan fingerprint density at radius 3 is 2.91 bits per heavy atom. The van der Waals surface area contributed by atoms with Crippen LogP contribution in [0.2, 0.25) is 0 Å². The van der Waals surface area contributed by atoms with Crippen LogP contribution in [0.1, 0.15) is 30.1 Å². The Bertz CT molecular complexity index is 639. The average Bonchev–Trinajstić information content (AvgIpc) is 3.30. The summed E-state index contributed by atoms with van der Waals surface area (Å²) in [5, 5.41) is 5.41. The lowest BCUT2D eigenvalue weighted by molar-refractivity contribution is -0.129. The Labute approximate surface area is 127 Å². The second kappa shape index (κ2) is 5.67. The van der Waals surface area contributed by atoms with Crippen molar-refractivity contribution in [3.8, 4) is 5.75 Å². The van der Waals surface area contributed by atoms with E-state index in [4.69, 9.17) is 9.47 Å². The molecular formula is C15H16N2O5. The van der Waals surface area contributed by atoms with Crippen molar-refractivity contribution in [2.24, 2.45) is 0 Å². The number of anilines is 1. The first-order chi connectivity index (χ1) is 10.5. The van der Waals surface area contributed by atoms with E-state index in [1.54, 1.807) is 6.07 Å². The summed E-state index contributed by atoms with van der Waals surface area (Å²) < 4.78 is 10.4. The Kier molecular flexibility index (Phi) is 3.70. The third-order valence-electron chi connectivity index (χ3n) is 3.43. The number of rotatable bonds is 4. The smallest absolute Gasteiger partial charge is 0.339 e. The zero-order valence-corrected chi connectivity index (χ0v) is 12.0. The minimum absolute atomic E-state index is 0.0916. The Morgan fingerprint density at radius 2 is 2.18 bits per heavy atom. The maximum Gasteiger partial charge on any atom is 0.339 e. The molecule has 1 saturated carbocycles. The first-order valence-corrected chi connectivity index (χ1v) is 7.11. The van der Waals surface area contributed by atoms with Gasteiger partial charge in [-0.05, 0) is 38.0 Å². The number of nitrogens with one attached hydrogen (secondary N) is 2. The first kappa shape index (κ1) is 14.4. The fourth-order valence-electron chi connectivity index (χ4n) is 2.03. The van der Waals surface area contributed by atoms with Crippen molar-refractivity contribution in [3.63, 3.8) is 0 Å². The molecule has 7 nitrogen and oxygen atoms in total. The van der Waals surface area contributed by atoms with Crippen LogP contribution in [-0.4, -0.2) is 36.5 Å². The number of hydrogen-bond acceptors (Lipinski definition) is 5. The van der Waals surface area contributed by atoms with Crippen LogP contribution in [0.15, 0.2) is 18.2 Å². The number of carbonyl (C=O) groups excluding carboxylic acids is 3. The average molecular weight is 304 g/mol. The number of benzene rings is 1. The van der Waals surface area contributed by atoms with Crippen molar-refractivity contribution in [1.82, 2.24) is 5.32 Å². The number of hydrogen-bond donors (Lipinski definition) is 2. The zero-order valence-electron chi connectivity index (χ0n) is 12.0. The fourth-order valence-corrected chi connectivity index (χ4v) is 2.03. The lowest BCUT2D eigenvalue weighted by Crippen LogP contribution is -2.37. The van der Waals surface area contributed by atoms with Crippen molar-refractivity contribution in [2.45, 2.75) is 31.9 Å². The summed E-state index contributed by atoms with van der Waals surface area (Å²) >= 11 is 0. The summed E-state index contributed by atoms with van der Waals surface area (Å²) in [5.74, 6) is -0.739. The molecule has 116 valence electrons. The van der Waals surface area contributed by atoms with Gasteiger partial charge >= 0.3 is 5.97 Å². The summed E-state index contributed by atoms with van der Waals surface area (Å²) in [6.07, 6.45) is 1.09. The van der Waals surface area contributed by atoms with Crippen molar-refractivity contribution in [2.75, 3.05) is 11.9 Å². The maximum absolute atomic E-state index is 12.1. The van der Waals surface area contributed by atoms with E-state index in [0.717, 1.165) is 12.8 Å². The number of esters is 1. The van der Waals surface area contributed by atoms with Crippen molar-refractivity contribution < 1.29 is 23.9 Å². The van der Waals surface area contributed by atoms with Gasteiger partial charge in [-0.15, -0.1) is 0 Å². The lowest BCUT2D eigenvalue weighted by atomic mass is 10.1. The number of carbonyl (C=O) groups is 3. The van der Waals surface area contributed by atoms with Gasteiger partial charge in [0.25, 0.3) is 11.8 Å². The van der Waals surface area contributed by atoms with Gasteiger partial charge in [-0.25, -0.2) is 4.79 Å². The summed E-state index contributed by atoms with van der Waals surface area (Å²) in [4.78, 5) is 35.0. The molecule has 3 rings (SSSR count). The van der Waals surface area contributed by atoms with Gasteiger partial charge in [-0.1, -0.05) is 0 Å². The Balaban J connectivity index is 1.64. The molecule has 1 aromatic carbocycles. The molecule has 1 atom stereocenters. The van der Waals surface area contributed by atoms with Crippen LogP contribution in [-0.2, 0) is 14.3 Å². The molecule has 1 aliphatic heterocycles. The molecule has 2 amide bonds. The van der Waals surface area contributed by atoms with Gasteiger partial charge in [-0.3, -0.25) is 9.59 Å². The third-order valence-corrected chi connectivity index (χ3v) is 3.43. The highest BCUT2D eigenvalue weighted by atomic mass is 16.5. The van der Waals surface area contributed by atoms with Crippen molar-refractivity contribution in [3.05, 3.63) is 23.8 Å². The van der Waals surface area contributed by atoms with E-state index in [-0.39, 0.29) is 30.0 Å². The molecule has 1 aromatic rings. The molecule has 0 saturated heterocycles. The third kappa shape index (κ3) is 3.19. The zero-order chi connectivity index (χ0) is 15.7. The molecule has 0 spiro atoms. The van der Waals surface area contributed by atoms with Crippen molar-refractivity contribution in [1.29, 1.82) is 0 Å². The maximum atomic E-state index is 12.1. The Hall–Kier alpha value is -2.57. The summed E-state index contributed by atoms with van der Waals surface area (Å²) in [6.45, 7) is 1.44. The second-order valence-corrected chi connectivity index (χ2v) is 5.38. The number of ether oxygens (including phenoxy) is 2. The predicted octanol–water partition coefficient (Wildman–Crippen LogP) is 0.841. The van der Waals surface area contributed by atoms with Gasteiger partial charge in [0.1, 0.15) is 5.75 Å². The van der Waals surface area contributed by atoms with Crippen LogP contribution in [0, 0.1) is 0 Å². The van der Waals surface area contributed by atoms with Gasteiger partial charge in [0.05, 0.1) is 11.3 Å². The molecule has 7 heteroatoms. The van der Waals surface area contributed by atoms with Gasteiger partial charge in [0, 0.05) is 6.04 Å². The molecule has 2 aliphatic rings. The van der Waals surface area contributed by atoms with E-state index in [1.807, 2.05) is 0 Å². The number of fused-ring (bicyclic) bond motifs is 1. The van der Waals surface area contributed by atoms with Crippen LogP contribution < -0.4 is 15.4 Å². The molecule has 1 aliphatic carbocycles. The van der Waals surface area contributed by atoms with E-state index >= 15 is 0 Å². The molecule has 0 radical (unpaired) electrons. The molecule has 1 fully saturated rings. The van der Waals surface area contributed by atoms with Crippen LogP contribution >= 0.6 is 0 Å². The minimum atomic E-state index is -0.857. The molecule has 0 unspecified atom stereocenters. The summed E-state index contributed by atoms with van der Waals surface area (Å²) in [6, 6.07) is 4.79. The fraction of sp³-hybridized carbons (Fsp3) is 0.400. The predicted molar refractivity (Wildman–Crippen MR) is 76.6 cm³/mol. The molecule has 1 heterocycles. The van der Waals surface area contributed by atoms with Crippen LogP contribution in [0.3, 0.4) is 0 Å². The highest BCUT2D eigenvalue weighted by molar-refractivity contribution is 5.98. The highest BCUT2D eigenvalue weighted by Crippen LogP contribution is 2.28. The van der Waals surface area contributed by atoms with Gasteiger partial charge in [0.15, 0.2) is 12.7 Å². The molecule has 2 N–H and O–H groups in total. The van der Waals surface area contributed by atoms with Gasteiger partial charge in [-0.2, -0.15) is 0 Å². The van der Waals surface area contributed by atoms with E-state index in [1.165, 1.54) is 19.1 Å². The van der Waals surface area contributed by atoms with Crippen molar-refractivity contribution >= 4 is 23.5 Å². The lowest BCUT2D eigenvalue weighted by Gasteiger charge is -2.18. The largest absolute Gasteiger partial charge is 0.482 e. The Morgan fingerprint density at radius 1 is 1.41 bits per heavy atom. The first-order valence-electron chi connectivity index (χ1n) is 7.11. The van der Waals surface area contributed by atoms with Gasteiger partial charge in [0.2, 0.25) is 0 Å². The molecule has 0 aromatic heterocycles. The number of amides is 2. The quantitative estimate of drug-likeness (QED) is 0.804. The van der Waals surface area contributed by atoms with Gasteiger partial charge < -0.3 is 20.1 Å².